The summed E-state index contributed by atoms with van der Waals surface area (Å²) in [5.41, 5.74) is -2.28. The van der Waals surface area contributed by atoms with Crippen LogP contribution in [-0.2, 0) is 28.5 Å². The van der Waals surface area contributed by atoms with Crippen molar-refractivity contribution in [1.29, 1.82) is 0 Å². The molecule has 2 fully saturated rings. The van der Waals surface area contributed by atoms with Crippen LogP contribution in [0.15, 0.2) is 60.1 Å². The first-order valence-corrected chi connectivity index (χ1v) is 14.2. The number of nitrogens with zero attached hydrogens (tertiary/aromatic N) is 1. The Morgan fingerprint density at radius 1 is 1.11 bits per heavy atom. The number of carboxylic acid groups (broad SMARTS) is 1. The Hall–Kier alpha value is -3.12. The first-order valence-electron chi connectivity index (χ1n) is 14.2. The smallest absolute Gasteiger partial charge is 0.340 e. The number of carboxylic acids is 1. The summed E-state index contributed by atoms with van der Waals surface area (Å²) in [5, 5.41) is 81.6. The SMILES string of the molecule is C=CC1C(OC2OC(CO)C(O)C(O)(O)C2O)OC=C(C(=O)OC2CCCC2)C1(O)C=CC1=CC(C(=O)O)=CN(CCO)C1. The van der Waals surface area contributed by atoms with Crippen molar-refractivity contribution in [1.82, 2.24) is 4.90 Å². The van der Waals surface area contributed by atoms with Crippen molar-refractivity contribution in [3.05, 3.63) is 60.1 Å². The van der Waals surface area contributed by atoms with Gasteiger partial charge in [0.05, 0.1) is 24.7 Å². The summed E-state index contributed by atoms with van der Waals surface area (Å²) in [6, 6.07) is 0. The Bertz CT molecular complexity index is 1200. The Balaban J connectivity index is 1.68. The molecule has 44 heavy (non-hydrogen) atoms. The third-order valence-corrected chi connectivity index (χ3v) is 8.07. The predicted octanol–water partition coefficient (Wildman–Crippen LogP) is -1.86. The van der Waals surface area contributed by atoms with Crippen LogP contribution >= 0.6 is 0 Å². The topological polar surface area (TPSA) is 236 Å². The molecule has 0 amide bonds. The number of hydrogen-bond donors (Lipinski definition) is 8. The number of carbonyl (C=O) groups excluding carboxylic acids is 1. The maximum absolute atomic E-state index is 13.3. The Labute approximate surface area is 252 Å². The van der Waals surface area contributed by atoms with Crippen molar-refractivity contribution >= 4 is 11.9 Å². The number of ether oxygens (including phenoxy) is 4. The van der Waals surface area contributed by atoms with E-state index >= 15 is 0 Å². The normalized spacial score (nSPS) is 34.2. The van der Waals surface area contributed by atoms with E-state index in [-0.39, 0.29) is 36.9 Å². The van der Waals surface area contributed by atoms with Gasteiger partial charge in [-0.3, -0.25) is 0 Å². The van der Waals surface area contributed by atoms with Crippen LogP contribution in [0.25, 0.3) is 0 Å². The fourth-order valence-electron chi connectivity index (χ4n) is 5.58. The van der Waals surface area contributed by atoms with Crippen LogP contribution in [-0.4, -0.2) is 132 Å². The van der Waals surface area contributed by atoms with E-state index in [1.807, 2.05) is 0 Å². The second-order valence-corrected chi connectivity index (χ2v) is 11.1. The molecule has 0 aromatic carbocycles. The molecule has 7 unspecified atom stereocenters. The van der Waals surface area contributed by atoms with Gasteiger partial charge in [-0.25, -0.2) is 9.59 Å². The summed E-state index contributed by atoms with van der Waals surface area (Å²) in [6.07, 6.45) is 0.656. The molecule has 1 saturated heterocycles. The molecule has 244 valence electrons. The monoisotopic (exact) mass is 625 g/mol. The molecular weight excluding hydrogens is 586 g/mol. The number of aliphatic carboxylic acids is 1. The molecule has 4 aliphatic rings. The maximum atomic E-state index is 13.3. The molecule has 15 nitrogen and oxygen atoms in total. The molecule has 0 spiro atoms. The molecule has 1 saturated carbocycles. The highest BCUT2D eigenvalue weighted by molar-refractivity contribution is 5.92. The number of hydrogen-bond acceptors (Lipinski definition) is 14. The maximum Gasteiger partial charge on any atom is 0.340 e. The molecule has 0 aromatic heterocycles. The number of esters is 1. The van der Waals surface area contributed by atoms with Crippen LogP contribution in [0.3, 0.4) is 0 Å². The third kappa shape index (κ3) is 6.91. The lowest BCUT2D eigenvalue weighted by Crippen LogP contribution is -2.68. The van der Waals surface area contributed by atoms with E-state index in [1.54, 1.807) is 4.90 Å². The minimum absolute atomic E-state index is 0.0817. The fraction of sp³-hybridized carbons (Fsp3) is 0.586. The van der Waals surface area contributed by atoms with E-state index in [9.17, 15) is 50.4 Å². The first-order chi connectivity index (χ1) is 20.8. The number of rotatable bonds is 11. The first kappa shape index (κ1) is 33.8. The van der Waals surface area contributed by atoms with Crippen LogP contribution in [0.1, 0.15) is 25.7 Å². The zero-order chi connectivity index (χ0) is 32.2. The van der Waals surface area contributed by atoms with Crippen LogP contribution in [0.2, 0.25) is 0 Å². The lowest BCUT2D eigenvalue weighted by Gasteiger charge is -2.47. The van der Waals surface area contributed by atoms with Crippen LogP contribution in [0.4, 0.5) is 0 Å². The standard InChI is InChI=1S/C29H39NO14/c1-2-19-26(44-27-23(34)29(39,40)22(33)21(14-32)43-27)41-15-20(25(37)42-18-5-3-4-6-18)28(19,38)8-7-16-11-17(24(35)36)13-30(12-16)9-10-31/h2,7-8,11,13,15,18-19,21-23,26-27,31-34,38-40H,1,3-6,9-10,12,14H2,(H,35,36). The van der Waals surface area contributed by atoms with E-state index in [4.69, 9.17) is 18.9 Å². The van der Waals surface area contributed by atoms with E-state index in [1.165, 1.54) is 30.5 Å². The summed E-state index contributed by atoms with van der Waals surface area (Å²) in [7, 11) is 0. The van der Waals surface area contributed by atoms with Gasteiger partial charge in [0.15, 0.2) is 12.4 Å². The van der Waals surface area contributed by atoms with Crippen LogP contribution in [0.5, 0.6) is 0 Å². The summed E-state index contributed by atoms with van der Waals surface area (Å²) in [5.74, 6) is -6.60. The molecule has 7 atom stereocenters. The fourth-order valence-corrected chi connectivity index (χ4v) is 5.58. The summed E-state index contributed by atoms with van der Waals surface area (Å²) in [4.78, 5) is 26.6. The van der Waals surface area contributed by atoms with Crippen molar-refractivity contribution < 1.29 is 69.4 Å². The summed E-state index contributed by atoms with van der Waals surface area (Å²) in [6.45, 7) is 2.90. The van der Waals surface area contributed by atoms with Gasteiger partial charge in [0.2, 0.25) is 12.1 Å². The zero-order valence-corrected chi connectivity index (χ0v) is 23.8. The highest BCUT2D eigenvalue weighted by Gasteiger charge is 2.57. The van der Waals surface area contributed by atoms with Crippen molar-refractivity contribution in [3.8, 4) is 0 Å². The molecule has 3 aliphatic heterocycles. The second kappa shape index (κ2) is 13.9. The molecule has 15 heteroatoms. The summed E-state index contributed by atoms with van der Waals surface area (Å²) < 4.78 is 22.2. The number of aliphatic hydroxyl groups excluding tert-OH is 4. The molecular formula is C29H39NO14. The van der Waals surface area contributed by atoms with Gasteiger partial charge in [-0.2, -0.15) is 0 Å². The molecule has 0 aromatic rings. The van der Waals surface area contributed by atoms with Gasteiger partial charge in [-0.1, -0.05) is 12.2 Å². The third-order valence-electron chi connectivity index (χ3n) is 8.07. The van der Waals surface area contributed by atoms with Crippen molar-refractivity contribution in [2.45, 2.75) is 74.1 Å². The van der Waals surface area contributed by atoms with Gasteiger partial charge >= 0.3 is 11.9 Å². The van der Waals surface area contributed by atoms with E-state index in [0.29, 0.717) is 18.4 Å². The second-order valence-electron chi connectivity index (χ2n) is 11.1. The van der Waals surface area contributed by atoms with Crippen molar-refractivity contribution in [3.63, 3.8) is 0 Å². The highest BCUT2D eigenvalue weighted by Crippen LogP contribution is 2.41. The van der Waals surface area contributed by atoms with Crippen molar-refractivity contribution in [2.75, 3.05) is 26.3 Å². The van der Waals surface area contributed by atoms with Gasteiger partial charge in [-0.05, 0) is 43.4 Å². The molecule has 0 bridgehead atoms. The molecule has 4 rings (SSSR count). The Morgan fingerprint density at radius 2 is 1.82 bits per heavy atom. The highest BCUT2D eigenvalue weighted by atomic mass is 16.8. The molecule has 1 aliphatic carbocycles. The lowest BCUT2D eigenvalue weighted by atomic mass is 9.78. The van der Waals surface area contributed by atoms with Gasteiger partial charge in [0, 0.05) is 19.3 Å². The average molecular weight is 626 g/mol. The van der Waals surface area contributed by atoms with E-state index < -0.39 is 66.7 Å². The largest absolute Gasteiger partial charge is 0.478 e. The van der Waals surface area contributed by atoms with E-state index in [2.05, 4.69) is 6.58 Å². The average Bonchev–Trinajstić information content (AvgIpc) is 3.50. The van der Waals surface area contributed by atoms with E-state index in [0.717, 1.165) is 19.1 Å². The van der Waals surface area contributed by atoms with Crippen LogP contribution < -0.4 is 0 Å². The number of β-amino-alcohol motifs (C(OH)–C–C–N with tert-alkyl or cyclic N) is 1. The van der Waals surface area contributed by atoms with Gasteiger partial charge in [0.25, 0.3) is 0 Å². The molecule has 8 N–H and O–H groups in total. The van der Waals surface area contributed by atoms with Gasteiger partial charge < -0.3 is 64.7 Å². The zero-order valence-electron chi connectivity index (χ0n) is 23.8. The van der Waals surface area contributed by atoms with Crippen molar-refractivity contribution in [2.24, 2.45) is 5.92 Å². The van der Waals surface area contributed by atoms with Crippen LogP contribution in [0, 0.1) is 5.92 Å². The predicted molar refractivity (Wildman–Crippen MR) is 148 cm³/mol. The molecule has 0 radical (unpaired) electrons. The Morgan fingerprint density at radius 3 is 2.43 bits per heavy atom. The van der Waals surface area contributed by atoms with Gasteiger partial charge in [-0.15, -0.1) is 6.58 Å². The molecule has 3 heterocycles. The Kier molecular flexibility index (Phi) is 10.7. The minimum atomic E-state index is -3.15. The minimum Gasteiger partial charge on any atom is -0.478 e. The summed E-state index contributed by atoms with van der Waals surface area (Å²) >= 11 is 0. The quantitative estimate of drug-likeness (QED) is 0.0714. The number of aliphatic hydroxyl groups is 7. The lowest BCUT2D eigenvalue weighted by molar-refractivity contribution is -0.405. The van der Waals surface area contributed by atoms with Gasteiger partial charge in [0.1, 0.15) is 35.7 Å². The number of carbonyl (C=O) groups is 2.